The molecule has 0 saturated carbocycles. The van der Waals surface area contributed by atoms with Crippen molar-refractivity contribution >= 4 is 5.97 Å². The molecule has 0 aliphatic rings. The Kier molecular flexibility index (Phi) is 3.88. The second kappa shape index (κ2) is 4.96. The quantitative estimate of drug-likeness (QED) is 0.810. The van der Waals surface area contributed by atoms with Gasteiger partial charge in [-0.05, 0) is 31.7 Å². The lowest BCUT2D eigenvalue weighted by Crippen LogP contribution is -2.08. The maximum Gasteiger partial charge on any atom is 0.354 e. The van der Waals surface area contributed by atoms with Crippen LogP contribution in [-0.4, -0.2) is 20.9 Å². The number of carboxylic acid groups (broad SMARTS) is 1. The first kappa shape index (κ1) is 11.8. The minimum absolute atomic E-state index is 0.288. The van der Waals surface area contributed by atoms with E-state index in [-0.39, 0.29) is 5.69 Å². The Morgan fingerprint density at radius 3 is 2.67 bits per heavy atom. The van der Waals surface area contributed by atoms with E-state index in [1.165, 1.54) is 4.68 Å². The molecule has 0 amide bonds. The molecule has 0 atom stereocenters. The van der Waals surface area contributed by atoms with E-state index < -0.39 is 5.97 Å². The topological polar surface area (TPSA) is 55.1 Å². The molecule has 0 aromatic carbocycles. The summed E-state index contributed by atoms with van der Waals surface area (Å²) >= 11 is 0. The molecule has 0 aliphatic carbocycles. The average molecular weight is 210 g/mol. The van der Waals surface area contributed by atoms with Gasteiger partial charge in [-0.1, -0.05) is 13.8 Å². The standard InChI is InChI=1S/C11H18N2O2/c1-4-13-10(11(14)15)7-9(12-13)6-5-8(2)3/h7-8H,4-6H2,1-3H3,(H,14,15). The summed E-state index contributed by atoms with van der Waals surface area (Å²) in [7, 11) is 0. The van der Waals surface area contributed by atoms with Crippen LogP contribution in [0.2, 0.25) is 0 Å². The van der Waals surface area contributed by atoms with Crippen molar-refractivity contribution in [3.63, 3.8) is 0 Å². The van der Waals surface area contributed by atoms with Crippen LogP contribution in [0.1, 0.15) is 43.4 Å². The third kappa shape index (κ3) is 3.08. The molecule has 0 spiro atoms. The van der Waals surface area contributed by atoms with Crippen LogP contribution in [-0.2, 0) is 13.0 Å². The van der Waals surface area contributed by atoms with Gasteiger partial charge in [-0.3, -0.25) is 4.68 Å². The van der Waals surface area contributed by atoms with E-state index in [1.807, 2.05) is 6.92 Å². The molecule has 0 saturated heterocycles. The highest BCUT2D eigenvalue weighted by Gasteiger charge is 2.12. The minimum Gasteiger partial charge on any atom is -0.477 e. The normalized spacial score (nSPS) is 10.9. The fourth-order valence-electron chi connectivity index (χ4n) is 1.44. The van der Waals surface area contributed by atoms with Crippen LogP contribution in [0.3, 0.4) is 0 Å². The van der Waals surface area contributed by atoms with Crippen LogP contribution in [0.4, 0.5) is 0 Å². The summed E-state index contributed by atoms with van der Waals surface area (Å²) in [5.74, 6) is -0.287. The van der Waals surface area contributed by atoms with Crippen molar-refractivity contribution in [2.45, 2.75) is 40.2 Å². The number of aromatic nitrogens is 2. The Morgan fingerprint density at radius 1 is 1.60 bits per heavy atom. The number of carbonyl (C=O) groups is 1. The van der Waals surface area contributed by atoms with Crippen molar-refractivity contribution in [1.29, 1.82) is 0 Å². The van der Waals surface area contributed by atoms with Gasteiger partial charge in [-0.15, -0.1) is 0 Å². The SMILES string of the molecule is CCn1nc(CCC(C)C)cc1C(=O)O. The molecule has 84 valence electrons. The molecule has 1 aromatic heterocycles. The van der Waals surface area contributed by atoms with Crippen LogP contribution in [0.25, 0.3) is 0 Å². The van der Waals surface area contributed by atoms with Gasteiger partial charge in [0.1, 0.15) is 5.69 Å². The maximum absolute atomic E-state index is 10.9. The van der Waals surface area contributed by atoms with E-state index >= 15 is 0 Å². The smallest absolute Gasteiger partial charge is 0.354 e. The lowest BCUT2D eigenvalue weighted by molar-refractivity contribution is 0.0683. The molecule has 0 bridgehead atoms. The van der Waals surface area contributed by atoms with Crippen LogP contribution >= 0.6 is 0 Å². The van der Waals surface area contributed by atoms with Crippen molar-refractivity contribution < 1.29 is 9.90 Å². The zero-order valence-electron chi connectivity index (χ0n) is 9.53. The number of aryl methyl sites for hydroxylation is 2. The van der Waals surface area contributed by atoms with Crippen molar-refractivity contribution in [3.05, 3.63) is 17.5 Å². The number of hydrogen-bond acceptors (Lipinski definition) is 2. The van der Waals surface area contributed by atoms with E-state index in [0.29, 0.717) is 12.5 Å². The highest BCUT2D eigenvalue weighted by Crippen LogP contribution is 2.10. The molecule has 1 aromatic rings. The predicted molar refractivity (Wildman–Crippen MR) is 58.0 cm³/mol. The summed E-state index contributed by atoms with van der Waals surface area (Å²) in [4.78, 5) is 10.9. The lowest BCUT2D eigenvalue weighted by Gasteiger charge is -2.00. The maximum atomic E-state index is 10.9. The summed E-state index contributed by atoms with van der Waals surface area (Å²) in [6, 6.07) is 1.67. The molecule has 15 heavy (non-hydrogen) atoms. The van der Waals surface area contributed by atoms with Gasteiger partial charge < -0.3 is 5.11 Å². The largest absolute Gasteiger partial charge is 0.477 e. The van der Waals surface area contributed by atoms with Crippen molar-refractivity contribution in [2.75, 3.05) is 0 Å². The van der Waals surface area contributed by atoms with E-state index in [2.05, 4.69) is 18.9 Å². The van der Waals surface area contributed by atoms with E-state index in [4.69, 9.17) is 5.11 Å². The summed E-state index contributed by atoms with van der Waals surface area (Å²) < 4.78 is 1.54. The number of nitrogens with zero attached hydrogens (tertiary/aromatic N) is 2. The summed E-state index contributed by atoms with van der Waals surface area (Å²) in [6.45, 7) is 6.79. The van der Waals surface area contributed by atoms with Gasteiger partial charge in [0.15, 0.2) is 0 Å². The molecule has 4 heteroatoms. The zero-order valence-corrected chi connectivity index (χ0v) is 9.53. The fourth-order valence-corrected chi connectivity index (χ4v) is 1.44. The molecular weight excluding hydrogens is 192 g/mol. The Balaban J connectivity index is 2.78. The van der Waals surface area contributed by atoms with Crippen LogP contribution in [0, 0.1) is 5.92 Å². The zero-order chi connectivity index (χ0) is 11.4. The Labute approximate surface area is 89.9 Å². The monoisotopic (exact) mass is 210 g/mol. The second-order valence-electron chi connectivity index (χ2n) is 4.07. The predicted octanol–water partition coefficient (Wildman–Crippen LogP) is 2.19. The third-order valence-corrected chi connectivity index (χ3v) is 2.33. The van der Waals surface area contributed by atoms with Gasteiger partial charge in [0.25, 0.3) is 0 Å². The fraction of sp³-hybridized carbons (Fsp3) is 0.636. The summed E-state index contributed by atoms with van der Waals surface area (Å²) in [5, 5.41) is 13.2. The molecular formula is C11H18N2O2. The van der Waals surface area contributed by atoms with Crippen LogP contribution in [0.5, 0.6) is 0 Å². The van der Waals surface area contributed by atoms with Gasteiger partial charge in [0.2, 0.25) is 0 Å². The van der Waals surface area contributed by atoms with E-state index in [9.17, 15) is 4.79 Å². The van der Waals surface area contributed by atoms with Gasteiger partial charge in [0.05, 0.1) is 5.69 Å². The lowest BCUT2D eigenvalue weighted by atomic mass is 10.1. The highest BCUT2D eigenvalue weighted by atomic mass is 16.4. The van der Waals surface area contributed by atoms with Gasteiger partial charge in [-0.25, -0.2) is 4.79 Å². The van der Waals surface area contributed by atoms with Crippen LogP contribution < -0.4 is 0 Å². The number of aromatic carboxylic acids is 1. The van der Waals surface area contributed by atoms with Gasteiger partial charge in [0, 0.05) is 6.54 Å². The van der Waals surface area contributed by atoms with Crippen molar-refractivity contribution in [1.82, 2.24) is 9.78 Å². The first-order chi connectivity index (χ1) is 7.04. The molecule has 1 N–H and O–H groups in total. The summed E-state index contributed by atoms with van der Waals surface area (Å²) in [5.41, 5.74) is 1.17. The molecule has 0 radical (unpaired) electrons. The van der Waals surface area contributed by atoms with Crippen LogP contribution in [0.15, 0.2) is 6.07 Å². The first-order valence-corrected chi connectivity index (χ1v) is 5.34. The number of carboxylic acids is 1. The number of rotatable bonds is 5. The van der Waals surface area contributed by atoms with E-state index in [1.54, 1.807) is 6.07 Å². The molecule has 0 fully saturated rings. The van der Waals surface area contributed by atoms with Crippen molar-refractivity contribution in [3.8, 4) is 0 Å². The molecule has 1 rings (SSSR count). The summed E-state index contributed by atoms with van der Waals surface area (Å²) in [6.07, 6.45) is 1.89. The molecule has 1 heterocycles. The molecule has 4 nitrogen and oxygen atoms in total. The van der Waals surface area contributed by atoms with Gasteiger partial charge in [-0.2, -0.15) is 5.10 Å². The highest BCUT2D eigenvalue weighted by molar-refractivity contribution is 5.85. The van der Waals surface area contributed by atoms with Crippen molar-refractivity contribution in [2.24, 2.45) is 5.92 Å². The number of hydrogen-bond donors (Lipinski definition) is 1. The third-order valence-electron chi connectivity index (χ3n) is 2.33. The average Bonchev–Trinajstić information content (AvgIpc) is 2.57. The van der Waals surface area contributed by atoms with Gasteiger partial charge >= 0.3 is 5.97 Å². The Hall–Kier alpha value is -1.32. The second-order valence-corrected chi connectivity index (χ2v) is 4.07. The Bertz CT molecular complexity index is 342. The molecule has 0 aliphatic heterocycles. The van der Waals surface area contributed by atoms with E-state index in [0.717, 1.165) is 18.5 Å². The molecule has 0 unspecified atom stereocenters. The first-order valence-electron chi connectivity index (χ1n) is 5.34. The minimum atomic E-state index is -0.903. The Morgan fingerprint density at radius 2 is 2.27 bits per heavy atom.